The Morgan fingerprint density at radius 1 is 1.03 bits per heavy atom. The maximum atomic E-state index is 14.2. The van der Waals surface area contributed by atoms with E-state index in [0.717, 1.165) is 17.5 Å². The van der Waals surface area contributed by atoms with Gasteiger partial charge in [0, 0.05) is 37.6 Å². The van der Waals surface area contributed by atoms with Gasteiger partial charge in [0.15, 0.2) is 11.5 Å². The smallest absolute Gasteiger partial charge is 0.240 e. The molecule has 0 bridgehead atoms. The molecule has 0 radical (unpaired) electrons. The number of ether oxygens (including phenoxy) is 2. The Morgan fingerprint density at radius 2 is 1.69 bits per heavy atom. The second-order valence-corrected chi connectivity index (χ2v) is 10.2. The molecule has 0 unspecified atom stereocenters. The van der Waals surface area contributed by atoms with Crippen LogP contribution >= 0.6 is 23.2 Å². The van der Waals surface area contributed by atoms with Crippen LogP contribution in [0.5, 0.6) is 11.5 Å². The molecule has 2 aliphatic heterocycles. The summed E-state index contributed by atoms with van der Waals surface area (Å²) >= 11 is 12.9. The van der Waals surface area contributed by atoms with E-state index in [1.54, 1.807) is 26.6 Å². The molecule has 5 rings (SSSR count). The molecule has 1 aromatic heterocycles. The van der Waals surface area contributed by atoms with E-state index in [9.17, 15) is 4.79 Å². The highest BCUT2D eigenvalue weighted by molar-refractivity contribution is 6.35. The Labute approximate surface area is 221 Å². The third-order valence-corrected chi connectivity index (χ3v) is 8.06. The van der Waals surface area contributed by atoms with Crippen LogP contribution in [0.1, 0.15) is 40.8 Å². The molecule has 2 aromatic carbocycles. The fourth-order valence-electron chi connectivity index (χ4n) is 5.42. The van der Waals surface area contributed by atoms with E-state index < -0.39 is 0 Å². The van der Waals surface area contributed by atoms with Gasteiger partial charge < -0.3 is 14.4 Å². The number of carbonyl (C=O) groups is 1. The summed E-state index contributed by atoms with van der Waals surface area (Å²) in [6.07, 6.45) is 4.60. The lowest BCUT2D eigenvalue weighted by atomic mass is 9.89. The van der Waals surface area contributed by atoms with Crippen molar-refractivity contribution < 1.29 is 14.3 Å². The van der Waals surface area contributed by atoms with E-state index in [2.05, 4.69) is 28.9 Å². The topological polar surface area (TPSA) is 54.9 Å². The minimum atomic E-state index is -0.329. The van der Waals surface area contributed by atoms with Gasteiger partial charge in [-0.25, -0.2) is 0 Å². The highest BCUT2D eigenvalue weighted by atomic mass is 35.5. The number of fused-ring (bicyclic) bond motifs is 2. The van der Waals surface area contributed by atoms with E-state index >= 15 is 0 Å². The number of aromatic nitrogens is 1. The van der Waals surface area contributed by atoms with Gasteiger partial charge in [-0.2, -0.15) is 0 Å². The normalized spacial score (nSPS) is 19.4. The molecule has 36 heavy (non-hydrogen) atoms. The molecular formula is C28H29Cl2N3O3. The minimum Gasteiger partial charge on any atom is -0.493 e. The number of carbonyl (C=O) groups excluding carboxylic acids is 1. The lowest BCUT2D eigenvalue weighted by Crippen LogP contribution is -2.53. The van der Waals surface area contributed by atoms with Crippen LogP contribution in [-0.2, 0) is 30.7 Å². The van der Waals surface area contributed by atoms with Gasteiger partial charge >= 0.3 is 0 Å². The molecule has 0 saturated carbocycles. The van der Waals surface area contributed by atoms with Gasteiger partial charge in [-0.3, -0.25) is 14.7 Å². The second-order valence-electron chi connectivity index (χ2n) is 9.34. The van der Waals surface area contributed by atoms with Crippen LogP contribution in [0.15, 0.2) is 48.8 Å². The highest BCUT2D eigenvalue weighted by Crippen LogP contribution is 2.39. The van der Waals surface area contributed by atoms with Crippen molar-refractivity contribution in [1.82, 2.24) is 14.8 Å². The molecule has 0 fully saturated rings. The van der Waals surface area contributed by atoms with E-state index in [4.69, 9.17) is 32.7 Å². The zero-order chi connectivity index (χ0) is 25.4. The Balaban J connectivity index is 1.47. The number of amides is 1. The second kappa shape index (κ2) is 10.3. The largest absolute Gasteiger partial charge is 0.493 e. The number of nitrogens with zero attached hydrogens (tertiary/aromatic N) is 3. The Kier molecular flexibility index (Phi) is 7.11. The van der Waals surface area contributed by atoms with Gasteiger partial charge in [-0.15, -0.1) is 0 Å². The number of hydrogen-bond donors (Lipinski definition) is 0. The summed E-state index contributed by atoms with van der Waals surface area (Å²) in [5.74, 6) is 1.50. The fourth-order valence-corrected chi connectivity index (χ4v) is 5.90. The predicted molar refractivity (Wildman–Crippen MR) is 141 cm³/mol. The third kappa shape index (κ3) is 4.54. The molecule has 8 heteroatoms. The highest BCUT2D eigenvalue weighted by Gasteiger charge is 2.38. The first kappa shape index (κ1) is 24.9. The summed E-state index contributed by atoms with van der Waals surface area (Å²) in [4.78, 5) is 22.4. The first-order chi connectivity index (χ1) is 17.4. The Morgan fingerprint density at radius 3 is 2.39 bits per heavy atom. The van der Waals surface area contributed by atoms with E-state index in [0.29, 0.717) is 47.6 Å². The summed E-state index contributed by atoms with van der Waals surface area (Å²) in [7, 11) is 3.27. The number of halogens is 2. The van der Waals surface area contributed by atoms with Gasteiger partial charge in [0.2, 0.25) is 5.91 Å². The molecule has 2 aliphatic rings. The van der Waals surface area contributed by atoms with E-state index in [1.807, 2.05) is 29.2 Å². The zero-order valence-electron chi connectivity index (χ0n) is 20.6. The van der Waals surface area contributed by atoms with Gasteiger partial charge in [0.1, 0.15) is 0 Å². The van der Waals surface area contributed by atoms with E-state index in [-0.39, 0.29) is 18.0 Å². The fraction of sp³-hybridized carbons (Fsp3) is 0.357. The first-order valence-electron chi connectivity index (χ1n) is 12.0. The zero-order valence-corrected chi connectivity index (χ0v) is 22.1. The van der Waals surface area contributed by atoms with Gasteiger partial charge in [0.05, 0.1) is 36.3 Å². The van der Waals surface area contributed by atoms with Crippen molar-refractivity contribution in [2.75, 3.05) is 20.8 Å². The summed E-state index contributed by atoms with van der Waals surface area (Å²) in [5.41, 5.74) is 5.49. The molecular weight excluding hydrogens is 497 g/mol. The Hall–Kier alpha value is -2.80. The molecule has 0 N–H and O–H groups in total. The molecule has 2 atom stereocenters. The third-order valence-electron chi connectivity index (χ3n) is 7.41. The van der Waals surface area contributed by atoms with Crippen LogP contribution in [0.4, 0.5) is 0 Å². The Bertz CT molecular complexity index is 1280. The maximum absolute atomic E-state index is 14.2. The van der Waals surface area contributed by atoms with Gasteiger partial charge in [-0.1, -0.05) is 47.5 Å². The average molecular weight is 526 g/mol. The summed E-state index contributed by atoms with van der Waals surface area (Å²) in [6, 6.07) is 11.9. The summed E-state index contributed by atoms with van der Waals surface area (Å²) in [6.45, 7) is 3.84. The summed E-state index contributed by atoms with van der Waals surface area (Å²) < 4.78 is 11.0. The lowest BCUT2D eigenvalue weighted by molar-refractivity contribution is -0.140. The monoisotopic (exact) mass is 525 g/mol. The number of hydrogen-bond acceptors (Lipinski definition) is 5. The molecule has 3 aromatic rings. The minimum absolute atomic E-state index is 0.0897. The molecule has 188 valence electrons. The van der Waals surface area contributed by atoms with E-state index in [1.165, 1.54) is 16.7 Å². The SMILES string of the molecule is COc1cc2c(cc1OC)[C@@H](C)N(C(=O)[C@@H]1Cc3ccccc3CN1Cc1c(Cl)cncc1Cl)CC2. The lowest BCUT2D eigenvalue weighted by Gasteiger charge is -2.42. The molecule has 0 aliphatic carbocycles. The van der Waals surface area contributed by atoms with Crippen molar-refractivity contribution in [2.45, 2.75) is 44.9 Å². The van der Waals surface area contributed by atoms with Crippen molar-refractivity contribution in [3.05, 3.63) is 86.7 Å². The standard InChI is InChI=1S/C28H29Cl2N3O3/c1-17-21-12-27(36-3)26(35-2)11-19(21)8-9-33(17)28(34)25-10-18-6-4-5-7-20(18)15-32(25)16-22-23(29)13-31-14-24(22)30/h4-7,11-14,17,25H,8-10,15-16H2,1-3H3/t17-,25+/m1/s1. The van der Waals surface area contributed by atoms with Crippen molar-refractivity contribution in [3.8, 4) is 11.5 Å². The predicted octanol–water partition coefficient (Wildman–Crippen LogP) is 5.48. The van der Waals surface area contributed by atoms with Crippen molar-refractivity contribution in [1.29, 1.82) is 0 Å². The quantitative estimate of drug-likeness (QED) is 0.441. The molecule has 0 saturated heterocycles. The van der Waals surface area contributed by atoms with Crippen LogP contribution in [-0.4, -0.2) is 47.5 Å². The van der Waals surface area contributed by atoms with Crippen LogP contribution in [0.2, 0.25) is 10.0 Å². The summed E-state index contributed by atoms with van der Waals surface area (Å²) in [5, 5.41) is 1.02. The number of pyridine rings is 1. The number of methoxy groups -OCH3 is 2. The molecule has 1 amide bonds. The van der Waals surface area contributed by atoms with Crippen LogP contribution in [0.25, 0.3) is 0 Å². The van der Waals surface area contributed by atoms with Crippen LogP contribution in [0.3, 0.4) is 0 Å². The van der Waals surface area contributed by atoms with Gasteiger partial charge in [-0.05, 0) is 54.2 Å². The van der Waals surface area contributed by atoms with Crippen molar-refractivity contribution in [3.63, 3.8) is 0 Å². The molecule has 0 spiro atoms. The first-order valence-corrected chi connectivity index (χ1v) is 12.8. The van der Waals surface area contributed by atoms with Crippen molar-refractivity contribution >= 4 is 29.1 Å². The van der Waals surface area contributed by atoms with Gasteiger partial charge in [0.25, 0.3) is 0 Å². The molecule has 6 nitrogen and oxygen atoms in total. The molecule has 3 heterocycles. The maximum Gasteiger partial charge on any atom is 0.240 e. The van der Waals surface area contributed by atoms with Crippen LogP contribution in [0, 0.1) is 0 Å². The number of benzene rings is 2. The number of rotatable bonds is 5. The van der Waals surface area contributed by atoms with Crippen LogP contribution < -0.4 is 9.47 Å². The average Bonchev–Trinajstić information content (AvgIpc) is 2.89. The van der Waals surface area contributed by atoms with Crippen molar-refractivity contribution in [2.24, 2.45) is 0 Å².